The number of rotatable bonds is 10. The summed E-state index contributed by atoms with van der Waals surface area (Å²) in [4.78, 5) is 17.3. The predicted octanol–water partition coefficient (Wildman–Crippen LogP) is 3.09. The zero-order chi connectivity index (χ0) is 27.3. The molecule has 4 rings (SSSR count). The van der Waals surface area contributed by atoms with Crippen LogP contribution in [0.1, 0.15) is 36.6 Å². The van der Waals surface area contributed by atoms with E-state index in [9.17, 15) is 13.5 Å². The number of aliphatic hydroxyl groups excluding tert-OH is 1. The normalized spacial score (nSPS) is 16.3. The largest absolute Gasteiger partial charge is 0.396 e. The number of halogens is 1. The number of fused-ring (bicyclic) bond motifs is 1. The topological polar surface area (TPSA) is 145 Å². The van der Waals surface area contributed by atoms with Gasteiger partial charge in [0, 0.05) is 44.3 Å². The van der Waals surface area contributed by atoms with Crippen LogP contribution in [0.5, 0.6) is 0 Å². The molecule has 2 unspecified atom stereocenters. The van der Waals surface area contributed by atoms with E-state index in [0.29, 0.717) is 34.4 Å². The number of hydrogen-bond donors (Lipinski definition) is 4. The molecule has 1 aromatic carbocycles. The Bertz CT molecular complexity index is 1370. The minimum absolute atomic E-state index is 0.154. The van der Waals surface area contributed by atoms with Gasteiger partial charge in [-0.15, -0.1) is 0 Å². The quantitative estimate of drug-likeness (QED) is 0.292. The molecule has 2 aromatic heterocycles. The summed E-state index contributed by atoms with van der Waals surface area (Å²) in [6.07, 6.45) is 8.27. The van der Waals surface area contributed by atoms with Crippen LogP contribution in [0.25, 0.3) is 0 Å². The van der Waals surface area contributed by atoms with Crippen molar-refractivity contribution in [1.29, 1.82) is 0 Å². The number of sulfonamides is 1. The number of hydrogen-bond acceptors (Lipinski definition) is 10. The van der Waals surface area contributed by atoms with Crippen molar-refractivity contribution >= 4 is 44.9 Å². The SMILES string of the molecule is CC(CCO)C1CCc2cc(Nc3ncc(Cl)c(NCc4nccnc4N(C)S(C)(=O)=O)n3)ccc2CN1. The van der Waals surface area contributed by atoms with Gasteiger partial charge in [0.15, 0.2) is 11.6 Å². The monoisotopic (exact) mass is 560 g/mol. The van der Waals surface area contributed by atoms with Crippen molar-refractivity contribution in [2.45, 2.75) is 45.3 Å². The Balaban J connectivity index is 1.46. The average Bonchev–Trinajstić information content (AvgIpc) is 3.11. The maximum atomic E-state index is 12.0. The summed E-state index contributed by atoms with van der Waals surface area (Å²) < 4.78 is 25.1. The summed E-state index contributed by atoms with van der Waals surface area (Å²) in [5.74, 6) is 1.37. The maximum Gasteiger partial charge on any atom is 0.233 e. The van der Waals surface area contributed by atoms with E-state index < -0.39 is 10.0 Å². The second-order valence-corrected chi connectivity index (χ2v) is 11.8. The van der Waals surface area contributed by atoms with Gasteiger partial charge >= 0.3 is 0 Å². The van der Waals surface area contributed by atoms with Crippen molar-refractivity contribution in [3.63, 3.8) is 0 Å². The molecule has 3 aromatic rings. The third-order valence-corrected chi connectivity index (χ3v) is 8.17. The fourth-order valence-corrected chi connectivity index (χ4v) is 5.03. The molecule has 0 amide bonds. The van der Waals surface area contributed by atoms with E-state index in [-0.39, 0.29) is 19.0 Å². The van der Waals surface area contributed by atoms with Crippen molar-refractivity contribution in [2.75, 3.05) is 34.8 Å². The van der Waals surface area contributed by atoms with Gasteiger partial charge in [0.2, 0.25) is 16.0 Å². The Morgan fingerprint density at radius 1 is 1.24 bits per heavy atom. The minimum Gasteiger partial charge on any atom is -0.396 e. The number of aryl methyl sites for hydroxylation is 1. The Labute approximate surface area is 228 Å². The molecule has 0 radical (unpaired) electrons. The van der Waals surface area contributed by atoms with Crippen molar-refractivity contribution in [3.8, 4) is 0 Å². The summed E-state index contributed by atoms with van der Waals surface area (Å²) in [6.45, 7) is 3.33. The number of benzene rings is 1. The highest BCUT2D eigenvalue weighted by Crippen LogP contribution is 2.27. The van der Waals surface area contributed by atoms with Gasteiger partial charge in [-0.25, -0.2) is 18.4 Å². The number of aliphatic hydroxyl groups is 1. The molecule has 2 atom stereocenters. The maximum absolute atomic E-state index is 12.0. The molecule has 38 heavy (non-hydrogen) atoms. The lowest BCUT2D eigenvalue weighted by Gasteiger charge is -2.22. The smallest absolute Gasteiger partial charge is 0.233 e. The molecule has 11 nitrogen and oxygen atoms in total. The molecule has 0 bridgehead atoms. The molecular weight excluding hydrogens is 528 g/mol. The highest BCUT2D eigenvalue weighted by Gasteiger charge is 2.21. The van der Waals surface area contributed by atoms with E-state index in [4.69, 9.17) is 11.6 Å². The third-order valence-electron chi connectivity index (χ3n) is 6.73. The summed E-state index contributed by atoms with van der Waals surface area (Å²) in [5.41, 5.74) is 3.81. The number of anilines is 4. The summed E-state index contributed by atoms with van der Waals surface area (Å²) in [7, 11) is -2.08. The van der Waals surface area contributed by atoms with E-state index in [2.05, 4.69) is 54.9 Å². The summed E-state index contributed by atoms with van der Waals surface area (Å²) in [6, 6.07) is 6.59. The zero-order valence-corrected chi connectivity index (χ0v) is 23.2. The predicted molar refractivity (Wildman–Crippen MR) is 149 cm³/mol. The average molecular weight is 561 g/mol. The molecule has 204 valence electrons. The van der Waals surface area contributed by atoms with Gasteiger partial charge in [0.05, 0.1) is 19.0 Å². The second-order valence-electron chi connectivity index (χ2n) is 9.42. The van der Waals surface area contributed by atoms with E-state index in [1.807, 2.05) is 6.07 Å². The molecule has 0 spiro atoms. The number of aromatic nitrogens is 4. The van der Waals surface area contributed by atoms with Crippen molar-refractivity contribution in [3.05, 3.63) is 58.6 Å². The Kier molecular flexibility index (Phi) is 8.98. The van der Waals surface area contributed by atoms with E-state index in [1.54, 1.807) is 0 Å². The zero-order valence-electron chi connectivity index (χ0n) is 21.6. The molecule has 13 heteroatoms. The van der Waals surface area contributed by atoms with Gasteiger partial charge in [-0.05, 0) is 48.4 Å². The van der Waals surface area contributed by atoms with Gasteiger partial charge in [-0.3, -0.25) is 9.29 Å². The first-order valence-electron chi connectivity index (χ1n) is 12.4. The molecule has 1 aliphatic heterocycles. The van der Waals surface area contributed by atoms with Crippen LogP contribution in [-0.2, 0) is 29.5 Å². The lowest BCUT2D eigenvalue weighted by molar-refractivity contribution is 0.235. The molecular formula is C25H33ClN8O3S. The van der Waals surface area contributed by atoms with E-state index in [1.165, 1.54) is 36.8 Å². The highest BCUT2D eigenvalue weighted by molar-refractivity contribution is 7.92. The number of nitrogens with zero attached hydrogens (tertiary/aromatic N) is 5. The standard InChI is InChI=1S/C25H33ClN8O3S/c1-16(8-11-35)21-7-5-17-12-19(6-4-18(17)13-29-21)32-25-31-14-20(26)23(33-25)30-15-22-24(28-10-9-27-22)34(2)38(3,36)37/h4,6,9-10,12,14,16,21,29,35H,5,7-8,11,13,15H2,1-3H3,(H2,30,31,32,33). The lowest BCUT2D eigenvalue weighted by atomic mass is 9.94. The Hall–Kier alpha value is -3.06. The van der Waals surface area contributed by atoms with Gasteiger partial charge in [0.1, 0.15) is 10.7 Å². The minimum atomic E-state index is -3.50. The first-order chi connectivity index (χ1) is 18.2. The summed E-state index contributed by atoms with van der Waals surface area (Å²) in [5, 5.41) is 19.6. The molecule has 0 saturated carbocycles. The van der Waals surface area contributed by atoms with E-state index in [0.717, 1.165) is 42.1 Å². The van der Waals surface area contributed by atoms with Crippen molar-refractivity contribution in [2.24, 2.45) is 5.92 Å². The van der Waals surface area contributed by atoms with Crippen molar-refractivity contribution in [1.82, 2.24) is 25.3 Å². The molecule has 0 saturated heterocycles. The van der Waals surface area contributed by atoms with E-state index >= 15 is 0 Å². The summed E-state index contributed by atoms with van der Waals surface area (Å²) >= 11 is 6.33. The Morgan fingerprint density at radius 2 is 2.03 bits per heavy atom. The number of nitrogens with one attached hydrogen (secondary N) is 3. The van der Waals surface area contributed by atoms with Gasteiger partial charge in [0.25, 0.3) is 0 Å². The molecule has 0 aliphatic carbocycles. The fourth-order valence-electron chi connectivity index (χ4n) is 4.41. The van der Waals surface area contributed by atoms with Gasteiger partial charge < -0.3 is 21.1 Å². The molecule has 1 aliphatic rings. The van der Waals surface area contributed by atoms with Crippen LogP contribution < -0.4 is 20.3 Å². The van der Waals surface area contributed by atoms with Gasteiger partial charge in [-0.1, -0.05) is 24.6 Å². The fraction of sp³-hybridized carbons (Fsp3) is 0.440. The third kappa shape index (κ3) is 6.87. The van der Waals surface area contributed by atoms with Crippen LogP contribution in [0.3, 0.4) is 0 Å². The van der Waals surface area contributed by atoms with Crippen LogP contribution in [-0.4, -0.2) is 59.4 Å². The first kappa shape index (κ1) is 28.0. The molecule has 4 N–H and O–H groups in total. The molecule has 0 fully saturated rings. The van der Waals surface area contributed by atoms with Crippen LogP contribution in [0.15, 0.2) is 36.8 Å². The first-order valence-corrected chi connectivity index (χ1v) is 14.6. The highest BCUT2D eigenvalue weighted by atomic mass is 35.5. The van der Waals surface area contributed by atoms with Crippen LogP contribution in [0.4, 0.5) is 23.3 Å². The lowest BCUT2D eigenvalue weighted by Crippen LogP contribution is -2.34. The van der Waals surface area contributed by atoms with Gasteiger partial charge in [-0.2, -0.15) is 4.98 Å². The Morgan fingerprint density at radius 3 is 2.79 bits per heavy atom. The van der Waals surface area contributed by atoms with Crippen LogP contribution in [0, 0.1) is 5.92 Å². The molecule has 3 heterocycles. The van der Waals surface area contributed by atoms with Crippen LogP contribution in [0.2, 0.25) is 5.02 Å². The van der Waals surface area contributed by atoms with Crippen LogP contribution >= 0.6 is 11.6 Å². The van der Waals surface area contributed by atoms with Crippen molar-refractivity contribution < 1.29 is 13.5 Å². The second kappa shape index (κ2) is 12.2.